The SMILES string of the molecule is COC(CS(=O)C1CCCC(C)C1)OC. The molecule has 15 heavy (non-hydrogen) atoms. The van der Waals surface area contributed by atoms with Crippen LogP contribution in [0.2, 0.25) is 0 Å². The predicted octanol–water partition coefficient (Wildman–Crippen LogP) is 1.93. The van der Waals surface area contributed by atoms with E-state index in [9.17, 15) is 4.21 Å². The second-order valence-corrected chi connectivity index (χ2v) is 6.10. The molecule has 0 aromatic carbocycles. The zero-order valence-corrected chi connectivity index (χ0v) is 10.7. The van der Waals surface area contributed by atoms with Crippen molar-refractivity contribution >= 4 is 10.8 Å². The minimum atomic E-state index is -0.807. The monoisotopic (exact) mass is 234 g/mol. The summed E-state index contributed by atoms with van der Waals surface area (Å²) in [5.41, 5.74) is 0. The Kier molecular flexibility index (Phi) is 5.79. The average Bonchev–Trinajstić information content (AvgIpc) is 2.25. The van der Waals surface area contributed by atoms with Crippen molar-refractivity contribution in [3.63, 3.8) is 0 Å². The average molecular weight is 234 g/mol. The highest BCUT2D eigenvalue weighted by molar-refractivity contribution is 7.85. The van der Waals surface area contributed by atoms with E-state index in [0.29, 0.717) is 11.0 Å². The fourth-order valence-corrected chi connectivity index (χ4v) is 3.91. The molecule has 0 aliphatic heterocycles. The van der Waals surface area contributed by atoms with Crippen LogP contribution in [0.15, 0.2) is 0 Å². The smallest absolute Gasteiger partial charge is 0.168 e. The predicted molar refractivity (Wildman–Crippen MR) is 62.2 cm³/mol. The minimum absolute atomic E-state index is 0.317. The van der Waals surface area contributed by atoms with Crippen LogP contribution in [-0.4, -0.2) is 35.7 Å². The van der Waals surface area contributed by atoms with Crippen molar-refractivity contribution in [2.45, 2.75) is 44.1 Å². The third-order valence-corrected chi connectivity index (χ3v) is 4.86. The van der Waals surface area contributed by atoms with E-state index in [4.69, 9.17) is 9.47 Å². The summed E-state index contributed by atoms with van der Waals surface area (Å²) in [5, 5.41) is 0.349. The Hall–Kier alpha value is 0.0700. The first-order chi connectivity index (χ1) is 7.17. The van der Waals surface area contributed by atoms with E-state index < -0.39 is 10.8 Å². The lowest BCUT2D eigenvalue weighted by atomic mass is 9.91. The van der Waals surface area contributed by atoms with Gasteiger partial charge in [0.1, 0.15) is 0 Å². The van der Waals surface area contributed by atoms with E-state index in [1.165, 1.54) is 12.8 Å². The van der Waals surface area contributed by atoms with Gasteiger partial charge in [-0.15, -0.1) is 0 Å². The first-order valence-corrected chi connectivity index (χ1v) is 6.98. The van der Waals surface area contributed by atoms with Gasteiger partial charge in [0, 0.05) is 30.3 Å². The van der Waals surface area contributed by atoms with Gasteiger partial charge in [0.25, 0.3) is 0 Å². The van der Waals surface area contributed by atoms with Gasteiger partial charge in [0.2, 0.25) is 0 Å². The first-order valence-electron chi connectivity index (χ1n) is 5.60. The Balaban J connectivity index is 2.38. The topological polar surface area (TPSA) is 35.5 Å². The fourth-order valence-electron chi connectivity index (χ4n) is 2.12. The van der Waals surface area contributed by atoms with Crippen molar-refractivity contribution in [1.82, 2.24) is 0 Å². The van der Waals surface area contributed by atoms with E-state index in [0.717, 1.165) is 18.8 Å². The van der Waals surface area contributed by atoms with E-state index >= 15 is 0 Å². The molecular weight excluding hydrogens is 212 g/mol. The van der Waals surface area contributed by atoms with Gasteiger partial charge in [0.15, 0.2) is 6.29 Å². The molecular formula is C11H22O3S. The van der Waals surface area contributed by atoms with Gasteiger partial charge >= 0.3 is 0 Å². The summed E-state index contributed by atoms with van der Waals surface area (Å²) in [6.45, 7) is 2.24. The van der Waals surface area contributed by atoms with Crippen LogP contribution in [0.4, 0.5) is 0 Å². The lowest BCUT2D eigenvalue weighted by molar-refractivity contribution is -0.0848. The Morgan fingerprint density at radius 2 is 2.00 bits per heavy atom. The van der Waals surface area contributed by atoms with Gasteiger partial charge in [0.05, 0.1) is 5.75 Å². The molecule has 4 heteroatoms. The number of rotatable bonds is 5. The van der Waals surface area contributed by atoms with Crippen LogP contribution in [0, 0.1) is 5.92 Å². The van der Waals surface area contributed by atoms with Crippen LogP contribution in [0.25, 0.3) is 0 Å². The minimum Gasteiger partial charge on any atom is -0.355 e. The van der Waals surface area contributed by atoms with Gasteiger partial charge in [-0.1, -0.05) is 19.8 Å². The van der Waals surface area contributed by atoms with Crippen LogP contribution in [0.3, 0.4) is 0 Å². The van der Waals surface area contributed by atoms with Gasteiger partial charge < -0.3 is 9.47 Å². The normalized spacial score (nSPS) is 29.3. The summed E-state index contributed by atoms with van der Waals surface area (Å²) in [5.74, 6) is 1.22. The molecule has 0 bridgehead atoms. The van der Waals surface area contributed by atoms with Crippen molar-refractivity contribution in [1.29, 1.82) is 0 Å². The third-order valence-electron chi connectivity index (χ3n) is 3.09. The molecule has 1 saturated carbocycles. The van der Waals surface area contributed by atoms with Crippen LogP contribution in [0.5, 0.6) is 0 Å². The van der Waals surface area contributed by atoms with Gasteiger partial charge in [-0.25, -0.2) is 0 Å². The highest BCUT2D eigenvalue weighted by Gasteiger charge is 2.25. The van der Waals surface area contributed by atoms with Crippen molar-refractivity contribution in [3.8, 4) is 0 Å². The standard InChI is InChI=1S/C11H22O3S/c1-9-5-4-6-10(7-9)15(12)8-11(13-2)14-3/h9-11H,4-8H2,1-3H3. The van der Waals surface area contributed by atoms with Crippen molar-refractivity contribution in [2.24, 2.45) is 5.92 Å². The summed E-state index contributed by atoms with van der Waals surface area (Å²) in [7, 11) is 2.38. The number of ether oxygens (including phenoxy) is 2. The second-order valence-electron chi connectivity index (χ2n) is 4.34. The maximum Gasteiger partial charge on any atom is 0.168 e. The zero-order chi connectivity index (χ0) is 11.3. The van der Waals surface area contributed by atoms with Crippen molar-refractivity contribution in [2.75, 3.05) is 20.0 Å². The van der Waals surface area contributed by atoms with Crippen LogP contribution < -0.4 is 0 Å². The maximum atomic E-state index is 12.0. The van der Waals surface area contributed by atoms with E-state index in [2.05, 4.69) is 6.92 Å². The van der Waals surface area contributed by atoms with E-state index in [1.54, 1.807) is 14.2 Å². The van der Waals surface area contributed by atoms with Crippen molar-refractivity contribution < 1.29 is 13.7 Å². The lowest BCUT2D eigenvalue weighted by Crippen LogP contribution is -2.30. The summed E-state index contributed by atoms with van der Waals surface area (Å²) >= 11 is 0. The van der Waals surface area contributed by atoms with Gasteiger partial charge in [-0.3, -0.25) is 4.21 Å². The first kappa shape index (κ1) is 13.1. The highest BCUT2D eigenvalue weighted by atomic mass is 32.2. The molecule has 1 aliphatic rings. The number of methoxy groups -OCH3 is 2. The summed E-state index contributed by atoms with van der Waals surface area (Å²) in [6.07, 6.45) is 4.36. The molecule has 1 aliphatic carbocycles. The molecule has 0 spiro atoms. The Morgan fingerprint density at radius 3 is 2.53 bits per heavy atom. The molecule has 1 fully saturated rings. The molecule has 0 aromatic rings. The highest BCUT2D eigenvalue weighted by Crippen LogP contribution is 2.27. The Morgan fingerprint density at radius 1 is 1.33 bits per heavy atom. The summed E-state index contributed by atoms with van der Waals surface area (Å²) in [6, 6.07) is 0. The Labute approximate surface area is 95.0 Å². The summed E-state index contributed by atoms with van der Waals surface area (Å²) < 4.78 is 22.2. The fraction of sp³-hybridized carbons (Fsp3) is 1.00. The molecule has 0 aromatic heterocycles. The molecule has 3 atom stereocenters. The molecule has 3 unspecified atom stereocenters. The summed E-state index contributed by atoms with van der Waals surface area (Å²) in [4.78, 5) is 0. The van der Waals surface area contributed by atoms with Crippen LogP contribution >= 0.6 is 0 Å². The van der Waals surface area contributed by atoms with Crippen molar-refractivity contribution in [3.05, 3.63) is 0 Å². The molecule has 0 N–H and O–H groups in total. The molecule has 90 valence electrons. The largest absolute Gasteiger partial charge is 0.355 e. The molecule has 1 rings (SSSR count). The molecule has 3 nitrogen and oxygen atoms in total. The third kappa shape index (κ3) is 4.21. The molecule has 0 radical (unpaired) electrons. The molecule has 0 saturated heterocycles. The number of hydrogen-bond donors (Lipinski definition) is 0. The van der Waals surface area contributed by atoms with Crippen LogP contribution in [-0.2, 0) is 20.3 Å². The van der Waals surface area contributed by atoms with Gasteiger partial charge in [-0.05, 0) is 18.8 Å². The van der Waals surface area contributed by atoms with Crippen LogP contribution in [0.1, 0.15) is 32.6 Å². The molecule has 0 amide bonds. The van der Waals surface area contributed by atoms with Gasteiger partial charge in [-0.2, -0.15) is 0 Å². The lowest BCUT2D eigenvalue weighted by Gasteiger charge is -2.27. The molecule has 0 heterocycles. The Bertz CT molecular complexity index is 204. The second kappa shape index (κ2) is 6.61. The zero-order valence-electron chi connectivity index (χ0n) is 9.90. The number of hydrogen-bond acceptors (Lipinski definition) is 3. The van der Waals surface area contributed by atoms with E-state index in [-0.39, 0.29) is 6.29 Å². The quantitative estimate of drug-likeness (QED) is 0.682. The maximum absolute atomic E-state index is 12.0. The van der Waals surface area contributed by atoms with E-state index in [1.807, 2.05) is 0 Å².